The van der Waals surface area contributed by atoms with Gasteiger partial charge < -0.3 is 20.9 Å². The molecule has 0 saturated heterocycles. The minimum atomic E-state index is -1.28. The van der Waals surface area contributed by atoms with Crippen molar-refractivity contribution in [2.24, 2.45) is 11.1 Å². The van der Waals surface area contributed by atoms with Gasteiger partial charge in [-0.1, -0.05) is 38.1 Å². The van der Waals surface area contributed by atoms with Crippen LogP contribution in [0.5, 0.6) is 0 Å². The summed E-state index contributed by atoms with van der Waals surface area (Å²) < 4.78 is 6.16. The summed E-state index contributed by atoms with van der Waals surface area (Å²) in [6.45, 7) is 13.2. The largest absolute Gasteiger partial charge is 0.383 e. The van der Waals surface area contributed by atoms with Crippen LogP contribution in [-0.4, -0.2) is 39.1 Å². The zero-order valence-corrected chi connectivity index (χ0v) is 17.0. The van der Waals surface area contributed by atoms with E-state index in [4.69, 9.17) is 10.5 Å². The fourth-order valence-electron chi connectivity index (χ4n) is 3.57. The normalized spacial score (nSPS) is 29.1. The number of amides is 2. The Kier molecular flexibility index (Phi) is 4.86. The zero-order valence-electron chi connectivity index (χ0n) is 16.1. The van der Waals surface area contributed by atoms with E-state index in [-0.39, 0.29) is 5.60 Å². The van der Waals surface area contributed by atoms with E-state index in [1.807, 2.05) is 27.7 Å². The molecular formula is C18H30N2O4S. The molecule has 0 aliphatic carbocycles. The minimum Gasteiger partial charge on any atom is -0.383 e. The van der Waals surface area contributed by atoms with Crippen LogP contribution in [0.2, 0.25) is 0 Å². The number of thioether (sulfide) groups is 1. The Bertz CT molecular complexity index is 633. The first-order valence-electron chi connectivity index (χ1n) is 8.51. The summed E-state index contributed by atoms with van der Waals surface area (Å²) >= 11 is 1.25. The van der Waals surface area contributed by atoms with Crippen molar-refractivity contribution in [3.05, 3.63) is 10.5 Å². The second kappa shape index (κ2) is 5.99. The number of carbonyl (C=O) groups excluding carboxylic acids is 2. The van der Waals surface area contributed by atoms with E-state index in [2.05, 4.69) is 5.32 Å². The maximum atomic E-state index is 12.5. The molecular weight excluding hydrogens is 340 g/mol. The lowest BCUT2D eigenvalue weighted by atomic mass is 9.85. The van der Waals surface area contributed by atoms with Crippen LogP contribution >= 0.6 is 11.8 Å². The van der Waals surface area contributed by atoms with Gasteiger partial charge in [-0.15, -0.1) is 0 Å². The number of rotatable bonds is 3. The van der Waals surface area contributed by atoms with Gasteiger partial charge in [0.2, 0.25) is 0 Å². The van der Waals surface area contributed by atoms with E-state index < -0.39 is 33.8 Å². The lowest BCUT2D eigenvalue weighted by Crippen LogP contribution is -2.58. The molecule has 0 aromatic heterocycles. The number of primary amides is 1. The number of hydrogen-bond acceptors (Lipinski definition) is 5. The van der Waals surface area contributed by atoms with Crippen LogP contribution in [0.4, 0.5) is 0 Å². The average Bonchev–Trinajstić information content (AvgIpc) is 2.74. The summed E-state index contributed by atoms with van der Waals surface area (Å²) in [6.07, 6.45) is -0.227. The number of nitrogens with two attached hydrogens (primary N) is 1. The molecule has 2 aliphatic heterocycles. The van der Waals surface area contributed by atoms with Crippen LogP contribution in [0.25, 0.3) is 0 Å². The number of aliphatic hydroxyl groups is 1. The minimum absolute atomic E-state index is 0.334. The number of ether oxygens (including phenoxy) is 1. The Labute approximate surface area is 153 Å². The monoisotopic (exact) mass is 370 g/mol. The fourth-order valence-corrected chi connectivity index (χ4v) is 4.99. The van der Waals surface area contributed by atoms with E-state index >= 15 is 0 Å². The predicted octanol–water partition coefficient (Wildman–Crippen LogP) is 2.06. The summed E-state index contributed by atoms with van der Waals surface area (Å²) in [6, 6.07) is 0. The summed E-state index contributed by atoms with van der Waals surface area (Å²) in [5.41, 5.74) is 5.20. The molecule has 0 spiro atoms. The molecule has 2 aliphatic rings. The van der Waals surface area contributed by atoms with E-state index in [9.17, 15) is 14.7 Å². The van der Waals surface area contributed by atoms with E-state index in [0.717, 1.165) is 10.5 Å². The summed E-state index contributed by atoms with van der Waals surface area (Å²) in [5.74, 6) is -1.20. The number of carbonyl (C=O) groups is 2. The molecule has 1 unspecified atom stereocenters. The highest BCUT2D eigenvalue weighted by Crippen LogP contribution is 2.55. The third-order valence-corrected chi connectivity index (χ3v) is 6.35. The Morgan fingerprint density at radius 1 is 1.24 bits per heavy atom. The summed E-state index contributed by atoms with van der Waals surface area (Å²) in [7, 11) is 0. The van der Waals surface area contributed by atoms with Crippen LogP contribution in [0.1, 0.15) is 61.3 Å². The molecule has 4 N–H and O–H groups in total. The standard InChI is InChI=1S/C18H30N2O4S/c1-15(2,3)11(21)13(22)20-18(14(19)23)9-10-8-16(4,5)24-17(6,7)12(10)25-18/h11,21H,8-9H2,1-7H3,(H2,19,23)(H,20,22)/t11-,18?/m1/s1. The molecule has 2 rings (SSSR count). The molecule has 0 bridgehead atoms. The number of hydrogen-bond donors (Lipinski definition) is 3. The van der Waals surface area contributed by atoms with Crippen molar-refractivity contribution in [2.75, 3.05) is 0 Å². The first-order valence-corrected chi connectivity index (χ1v) is 9.33. The van der Waals surface area contributed by atoms with Crippen LogP contribution in [-0.2, 0) is 14.3 Å². The third-order valence-electron chi connectivity index (χ3n) is 4.57. The zero-order chi connectivity index (χ0) is 19.4. The molecule has 142 valence electrons. The van der Waals surface area contributed by atoms with Gasteiger partial charge in [0.25, 0.3) is 11.8 Å². The second-order valence-corrected chi connectivity index (χ2v) is 10.5. The lowest BCUT2D eigenvalue weighted by Gasteiger charge is -2.42. The second-order valence-electron chi connectivity index (χ2n) is 9.21. The first kappa shape index (κ1) is 20.3. The Morgan fingerprint density at radius 3 is 2.28 bits per heavy atom. The summed E-state index contributed by atoms with van der Waals surface area (Å²) in [4.78, 5) is 24.5. The van der Waals surface area contributed by atoms with Gasteiger partial charge in [0, 0.05) is 11.3 Å². The quantitative estimate of drug-likeness (QED) is 0.706. The van der Waals surface area contributed by atoms with Gasteiger partial charge in [-0.2, -0.15) is 0 Å². The smallest absolute Gasteiger partial charge is 0.254 e. The van der Waals surface area contributed by atoms with Crippen LogP contribution in [0, 0.1) is 5.41 Å². The molecule has 7 heteroatoms. The van der Waals surface area contributed by atoms with E-state index in [1.165, 1.54) is 11.8 Å². The lowest BCUT2D eigenvalue weighted by molar-refractivity contribution is -0.138. The van der Waals surface area contributed by atoms with Crippen molar-refractivity contribution in [3.8, 4) is 0 Å². The molecule has 0 aromatic carbocycles. The molecule has 25 heavy (non-hydrogen) atoms. The Morgan fingerprint density at radius 2 is 1.80 bits per heavy atom. The maximum absolute atomic E-state index is 12.5. The molecule has 0 aromatic rings. The van der Waals surface area contributed by atoms with Gasteiger partial charge in [-0.25, -0.2) is 0 Å². The Hall–Kier alpha value is -1.05. The van der Waals surface area contributed by atoms with Gasteiger partial charge in [-0.3, -0.25) is 9.59 Å². The molecule has 0 radical (unpaired) electrons. The topological polar surface area (TPSA) is 102 Å². The highest BCUT2D eigenvalue weighted by Gasteiger charge is 2.54. The molecule has 2 amide bonds. The molecule has 2 atom stereocenters. The molecule has 2 heterocycles. The fraction of sp³-hybridized carbons (Fsp3) is 0.778. The molecule has 0 fully saturated rings. The highest BCUT2D eigenvalue weighted by atomic mass is 32.2. The average molecular weight is 371 g/mol. The Balaban J connectivity index is 2.31. The van der Waals surface area contributed by atoms with Gasteiger partial charge in [0.1, 0.15) is 6.10 Å². The van der Waals surface area contributed by atoms with Gasteiger partial charge in [-0.05, 0) is 39.5 Å². The van der Waals surface area contributed by atoms with Crippen molar-refractivity contribution in [1.29, 1.82) is 0 Å². The van der Waals surface area contributed by atoms with E-state index in [0.29, 0.717) is 12.8 Å². The first-order chi connectivity index (χ1) is 11.1. The van der Waals surface area contributed by atoms with E-state index in [1.54, 1.807) is 20.8 Å². The SMILES string of the molecule is CC1(C)CC2=C(SC(NC(=O)[C@@H](O)C(C)(C)C)(C(N)=O)C2)C(C)(C)O1. The van der Waals surface area contributed by atoms with Crippen LogP contribution in [0.3, 0.4) is 0 Å². The van der Waals surface area contributed by atoms with Crippen molar-refractivity contribution >= 4 is 23.6 Å². The van der Waals surface area contributed by atoms with Crippen LogP contribution < -0.4 is 11.1 Å². The van der Waals surface area contributed by atoms with Crippen molar-refractivity contribution in [1.82, 2.24) is 5.32 Å². The number of aliphatic hydroxyl groups excluding tert-OH is 1. The van der Waals surface area contributed by atoms with Crippen molar-refractivity contribution in [2.45, 2.75) is 83.5 Å². The summed E-state index contributed by atoms with van der Waals surface area (Å²) in [5, 5.41) is 13.0. The van der Waals surface area contributed by atoms with Crippen molar-refractivity contribution in [3.63, 3.8) is 0 Å². The van der Waals surface area contributed by atoms with Gasteiger partial charge in [0.05, 0.1) is 11.2 Å². The van der Waals surface area contributed by atoms with Gasteiger partial charge >= 0.3 is 0 Å². The predicted molar refractivity (Wildman–Crippen MR) is 98.6 cm³/mol. The van der Waals surface area contributed by atoms with Crippen molar-refractivity contribution < 1.29 is 19.4 Å². The number of nitrogens with one attached hydrogen (secondary N) is 1. The molecule has 6 nitrogen and oxygen atoms in total. The molecule has 0 saturated carbocycles. The maximum Gasteiger partial charge on any atom is 0.254 e. The third kappa shape index (κ3) is 3.88. The highest BCUT2D eigenvalue weighted by molar-refractivity contribution is 8.05. The van der Waals surface area contributed by atoms with Gasteiger partial charge in [0.15, 0.2) is 4.87 Å². The van der Waals surface area contributed by atoms with Crippen LogP contribution in [0.15, 0.2) is 10.5 Å².